The summed E-state index contributed by atoms with van der Waals surface area (Å²) >= 11 is 1.53. The highest BCUT2D eigenvalue weighted by atomic mass is 32.1. The molecule has 0 saturated heterocycles. The summed E-state index contributed by atoms with van der Waals surface area (Å²) in [5.41, 5.74) is 4.31. The molecule has 0 saturated carbocycles. The van der Waals surface area contributed by atoms with E-state index in [9.17, 15) is 4.79 Å². The third kappa shape index (κ3) is 3.44. The summed E-state index contributed by atoms with van der Waals surface area (Å²) in [6.45, 7) is 6.39. The molecule has 1 amide bonds. The van der Waals surface area contributed by atoms with Gasteiger partial charge in [0, 0.05) is 30.2 Å². The van der Waals surface area contributed by atoms with Gasteiger partial charge in [0.15, 0.2) is 0 Å². The highest BCUT2D eigenvalue weighted by molar-refractivity contribution is 7.15. The van der Waals surface area contributed by atoms with Crippen LogP contribution in [0, 0.1) is 13.8 Å². The Morgan fingerprint density at radius 1 is 1.30 bits per heavy atom. The maximum absolute atomic E-state index is 12.9. The molecule has 0 aliphatic carbocycles. The molecule has 7 nitrogen and oxygen atoms in total. The Bertz CT molecular complexity index is 949. The second kappa shape index (κ2) is 7.48. The summed E-state index contributed by atoms with van der Waals surface area (Å²) < 4.78 is 1.56. The first-order valence-corrected chi connectivity index (χ1v) is 9.91. The van der Waals surface area contributed by atoms with Crippen LogP contribution in [0.25, 0.3) is 5.00 Å². The van der Waals surface area contributed by atoms with Crippen LogP contribution in [-0.4, -0.2) is 45.7 Å². The predicted octanol–water partition coefficient (Wildman–Crippen LogP) is 2.52. The number of rotatable bonds is 5. The lowest BCUT2D eigenvalue weighted by molar-refractivity contribution is 0.0954. The molecule has 27 heavy (non-hydrogen) atoms. The van der Waals surface area contributed by atoms with Crippen molar-refractivity contribution in [1.82, 2.24) is 25.5 Å². The van der Waals surface area contributed by atoms with E-state index in [1.54, 1.807) is 4.68 Å². The van der Waals surface area contributed by atoms with E-state index in [-0.39, 0.29) is 5.91 Å². The summed E-state index contributed by atoms with van der Waals surface area (Å²) in [6, 6.07) is 8.52. The van der Waals surface area contributed by atoms with Crippen molar-refractivity contribution in [3.63, 3.8) is 0 Å². The summed E-state index contributed by atoms with van der Waals surface area (Å²) in [7, 11) is 0. The molecule has 1 aliphatic heterocycles. The van der Waals surface area contributed by atoms with Gasteiger partial charge in [-0.3, -0.25) is 4.79 Å². The fraction of sp³-hybridized carbons (Fsp3) is 0.368. The van der Waals surface area contributed by atoms with Gasteiger partial charge in [0.05, 0.1) is 5.56 Å². The average molecular weight is 382 g/mol. The van der Waals surface area contributed by atoms with Crippen LogP contribution in [0.4, 0.5) is 5.69 Å². The fourth-order valence-corrected chi connectivity index (χ4v) is 4.60. The molecule has 0 atom stereocenters. The van der Waals surface area contributed by atoms with Gasteiger partial charge in [-0.2, -0.15) is 4.68 Å². The van der Waals surface area contributed by atoms with Gasteiger partial charge in [-0.25, -0.2) is 0 Å². The molecule has 1 aliphatic rings. The number of para-hydroxylation sites is 1. The van der Waals surface area contributed by atoms with Gasteiger partial charge in [-0.05, 0) is 54.3 Å². The van der Waals surface area contributed by atoms with Gasteiger partial charge in [0.2, 0.25) is 0 Å². The van der Waals surface area contributed by atoms with Crippen LogP contribution in [0.1, 0.15) is 32.8 Å². The molecule has 0 radical (unpaired) electrons. The number of hydrogen-bond acceptors (Lipinski definition) is 6. The van der Waals surface area contributed by atoms with Crippen LogP contribution in [-0.2, 0) is 6.42 Å². The van der Waals surface area contributed by atoms with Crippen molar-refractivity contribution in [3.05, 3.63) is 52.2 Å². The van der Waals surface area contributed by atoms with E-state index in [1.165, 1.54) is 28.9 Å². The van der Waals surface area contributed by atoms with Crippen LogP contribution >= 0.6 is 11.3 Å². The maximum atomic E-state index is 12.9. The van der Waals surface area contributed by atoms with E-state index >= 15 is 0 Å². The SMILES string of the molecule is Cc1sc(-n2cnnn2)c(C(=O)NCCN2CCCc3ccccc32)c1C. The number of tetrazole rings is 1. The lowest BCUT2D eigenvalue weighted by Crippen LogP contribution is -2.37. The van der Waals surface area contributed by atoms with Crippen LogP contribution in [0.3, 0.4) is 0 Å². The average Bonchev–Trinajstić information content (AvgIpc) is 3.31. The summed E-state index contributed by atoms with van der Waals surface area (Å²) in [5, 5.41) is 15.1. The Hall–Kier alpha value is -2.74. The highest BCUT2D eigenvalue weighted by Crippen LogP contribution is 2.30. The number of nitrogens with zero attached hydrogens (tertiary/aromatic N) is 5. The standard InChI is InChI=1S/C19H22N6OS/c1-13-14(2)27-19(25-12-21-22-23-25)17(13)18(26)20-9-11-24-10-5-7-15-6-3-4-8-16(15)24/h3-4,6,8,12H,5,7,9-11H2,1-2H3,(H,20,26). The zero-order chi connectivity index (χ0) is 18.8. The predicted molar refractivity (Wildman–Crippen MR) is 106 cm³/mol. The number of amides is 1. The molecule has 4 rings (SSSR count). The number of aryl methyl sites for hydroxylation is 2. The minimum Gasteiger partial charge on any atom is -0.370 e. The Balaban J connectivity index is 1.46. The molecule has 1 aromatic carbocycles. The third-order valence-electron chi connectivity index (χ3n) is 5.02. The van der Waals surface area contributed by atoms with Crippen LogP contribution in [0.15, 0.2) is 30.6 Å². The molecule has 1 N–H and O–H groups in total. The lowest BCUT2D eigenvalue weighted by atomic mass is 10.0. The Labute approximate surface area is 162 Å². The quantitative estimate of drug-likeness (QED) is 0.734. The van der Waals surface area contributed by atoms with Gasteiger partial charge in [-0.15, -0.1) is 16.4 Å². The van der Waals surface area contributed by atoms with Crippen molar-refractivity contribution < 1.29 is 4.79 Å². The van der Waals surface area contributed by atoms with Crippen molar-refractivity contribution in [3.8, 4) is 5.00 Å². The van der Waals surface area contributed by atoms with Crippen molar-refractivity contribution in [2.75, 3.05) is 24.5 Å². The van der Waals surface area contributed by atoms with Gasteiger partial charge in [-0.1, -0.05) is 18.2 Å². The zero-order valence-electron chi connectivity index (χ0n) is 15.5. The highest BCUT2D eigenvalue weighted by Gasteiger charge is 2.22. The number of hydrogen-bond donors (Lipinski definition) is 1. The van der Waals surface area contributed by atoms with E-state index in [4.69, 9.17) is 0 Å². The minimum atomic E-state index is -0.0763. The number of fused-ring (bicyclic) bond motifs is 1. The molecule has 0 spiro atoms. The van der Waals surface area contributed by atoms with Gasteiger partial charge < -0.3 is 10.2 Å². The summed E-state index contributed by atoms with van der Waals surface area (Å²) in [6.07, 6.45) is 3.80. The monoisotopic (exact) mass is 382 g/mol. The number of thiophene rings is 1. The number of anilines is 1. The second-order valence-electron chi connectivity index (χ2n) is 6.69. The number of carbonyl (C=O) groups excluding carboxylic acids is 1. The van der Waals surface area contributed by atoms with Gasteiger partial charge >= 0.3 is 0 Å². The third-order valence-corrected chi connectivity index (χ3v) is 6.22. The number of carbonyl (C=O) groups is 1. The molecule has 3 aromatic rings. The first-order valence-electron chi connectivity index (χ1n) is 9.09. The van der Waals surface area contributed by atoms with Crippen LogP contribution in [0.2, 0.25) is 0 Å². The van der Waals surface area contributed by atoms with E-state index in [0.29, 0.717) is 12.1 Å². The minimum absolute atomic E-state index is 0.0763. The van der Waals surface area contributed by atoms with E-state index in [0.717, 1.165) is 41.4 Å². The number of aromatic nitrogens is 4. The summed E-state index contributed by atoms with van der Waals surface area (Å²) in [5.74, 6) is -0.0763. The molecule has 8 heteroatoms. The molecular weight excluding hydrogens is 360 g/mol. The van der Waals surface area contributed by atoms with Gasteiger partial charge in [0.25, 0.3) is 5.91 Å². The van der Waals surface area contributed by atoms with Crippen LogP contribution < -0.4 is 10.2 Å². The topological polar surface area (TPSA) is 75.9 Å². The molecule has 0 bridgehead atoms. The van der Waals surface area contributed by atoms with E-state index < -0.39 is 0 Å². The van der Waals surface area contributed by atoms with Crippen LogP contribution in [0.5, 0.6) is 0 Å². The molecule has 0 unspecified atom stereocenters. The largest absolute Gasteiger partial charge is 0.370 e. The smallest absolute Gasteiger partial charge is 0.254 e. The molecule has 3 heterocycles. The van der Waals surface area contributed by atoms with E-state index in [2.05, 4.69) is 50.0 Å². The summed E-state index contributed by atoms with van der Waals surface area (Å²) in [4.78, 5) is 16.3. The maximum Gasteiger partial charge on any atom is 0.254 e. The van der Waals surface area contributed by atoms with E-state index in [1.807, 2.05) is 13.8 Å². The second-order valence-corrected chi connectivity index (χ2v) is 7.90. The van der Waals surface area contributed by atoms with Crippen molar-refractivity contribution in [2.24, 2.45) is 0 Å². The van der Waals surface area contributed by atoms with Gasteiger partial charge in [0.1, 0.15) is 11.3 Å². The van der Waals surface area contributed by atoms with Crippen molar-refractivity contribution in [2.45, 2.75) is 26.7 Å². The fourth-order valence-electron chi connectivity index (χ4n) is 3.53. The Morgan fingerprint density at radius 2 is 2.15 bits per heavy atom. The van der Waals surface area contributed by atoms with Crippen molar-refractivity contribution in [1.29, 1.82) is 0 Å². The molecule has 2 aromatic heterocycles. The zero-order valence-corrected chi connectivity index (χ0v) is 16.3. The van der Waals surface area contributed by atoms with Crippen molar-refractivity contribution >= 4 is 22.9 Å². The first-order chi connectivity index (χ1) is 13.1. The molecular formula is C19H22N6OS. The normalized spacial score (nSPS) is 13.5. The Kier molecular flexibility index (Phi) is 4.89. The lowest BCUT2D eigenvalue weighted by Gasteiger charge is -2.31. The first kappa shape index (κ1) is 17.7. The molecule has 140 valence electrons. The molecule has 0 fully saturated rings. The number of benzene rings is 1. The Morgan fingerprint density at radius 3 is 2.96 bits per heavy atom. The number of nitrogens with one attached hydrogen (secondary N) is 1.